The third-order valence-corrected chi connectivity index (χ3v) is 1.89. The smallest absolute Gasteiger partial charge is 0.323 e. The van der Waals surface area contributed by atoms with Gasteiger partial charge < -0.3 is 4.74 Å². The van der Waals surface area contributed by atoms with Crippen molar-refractivity contribution in [2.75, 3.05) is 0 Å². The summed E-state index contributed by atoms with van der Waals surface area (Å²) < 4.78 is 189. The van der Waals surface area contributed by atoms with E-state index in [4.69, 9.17) is 0 Å². The van der Waals surface area contributed by atoms with Crippen LogP contribution in [0.1, 0.15) is 0 Å². The predicted octanol–water partition coefficient (Wildman–Crippen LogP) is 4.83. The van der Waals surface area contributed by atoms with Crippen molar-refractivity contribution in [3.8, 4) is 0 Å². The van der Waals surface area contributed by atoms with Gasteiger partial charge >= 0.3 is 31.0 Å². The molecule has 158 valence electrons. The van der Waals surface area contributed by atoms with Gasteiger partial charge in [0.2, 0.25) is 0 Å². The Morgan fingerprint density at radius 2 is 0.923 bits per heavy atom. The summed E-state index contributed by atoms with van der Waals surface area (Å²) in [5, 5.41) is 0. The Balaban J connectivity index is 5.59. The van der Waals surface area contributed by atoms with Crippen LogP contribution in [-0.4, -0.2) is 49.8 Å². The van der Waals surface area contributed by atoms with Gasteiger partial charge in [0.25, 0.3) is 18.8 Å². The zero-order valence-corrected chi connectivity index (χ0v) is 11.1. The summed E-state index contributed by atoms with van der Waals surface area (Å²) in [5.74, 6) is 0. The van der Waals surface area contributed by atoms with Gasteiger partial charge in [-0.25, -0.2) is 9.13 Å². The van der Waals surface area contributed by atoms with Crippen LogP contribution in [0.3, 0.4) is 0 Å². The van der Waals surface area contributed by atoms with Gasteiger partial charge in [0, 0.05) is 0 Å². The fraction of sp³-hybridized carbons (Fsp3) is 1.00. The van der Waals surface area contributed by atoms with Crippen molar-refractivity contribution in [1.29, 1.82) is 0 Å². The van der Waals surface area contributed by atoms with E-state index in [0.29, 0.717) is 0 Å². The molecule has 0 saturated carbocycles. The highest BCUT2D eigenvalue weighted by Gasteiger charge is 2.63. The second kappa shape index (κ2) is 7.45. The number of halogens is 15. The lowest BCUT2D eigenvalue weighted by molar-refractivity contribution is -0.473. The number of hydrogen-bond donors (Lipinski definition) is 0. The largest absolute Gasteiger partial charge is 0.525 e. The molecule has 0 heterocycles. The predicted molar refractivity (Wildman–Crippen MR) is 44.9 cm³/mol. The van der Waals surface area contributed by atoms with E-state index in [1.165, 1.54) is 0 Å². The lowest BCUT2D eigenvalue weighted by Crippen LogP contribution is -2.53. The molecule has 0 aromatic rings. The second-order valence-electron chi connectivity index (χ2n) is 4.03. The molecule has 2 atom stereocenters. The van der Waals surface area contributed by atoms with Crippen molar-refractivity contribution >= 4 is 0 Å². The van der Waals surface area contributed by atoms with E-state index in [9.17, 15) is 65.9 Å². The third-order valence-electron chi connectivity index (χ3n) is 1.89. The fourth-order valence-corrected chi connectivity index (χ4v) is 1.02. The summed E-state index contributed by atoms with van der Waals surface area (Å²) in [4.78, 5) is 0. The minimum absolute atomic E-state index is 1.95. The van der Waals surface area contributed by atoms with E-state index in [1.807, 2.05) is 4.74 Å². The van der Waals surface area contributed by atoms with Gasteiger partial charge in [0.15, 0.2) is 0 Å². The molecule has 0 rings (SSSR count). The minimum atomic E-state index is -6.63. The topological polar surface area (TPSA) is 27.7 Å². The van der Waals surface area contributed by atoms with Gasteiger partial charge in [0.05, 0.1) is 0 Å². The highest BCUT2D eigenvalue weighted by atomic mass is 19.4. The van der Waals surface area contributed by atoms with E-state index in [1.54, 1.807) is 0 Å². The number of alkyl halides is 15. The SMILES string of the molecule is FC(OC(F)(F)F)C(F)(F)OC(OC(C(F)(F)F)C(F)(F)F)C(F)(F)F. The number of hydrogen-bond acceptors (Lipinski definition) is 3. The zero-order valence-electron chi connectivity index (χ0n) is 11.1. The van der Waals surface area contributed by atoms with Crippen LogP contribution in [0.5, 0.6) is 0 Å². The van der Waals surface area contributed by atoms with Crippen LogP contribution >= 0.6 is 0 Å². The zero-order chi connectivity index (χ0) is 21.4. The van der Waals surface area contributed by atoms with Gasteiger partial charge in [0.1, 0.15) is 0 Å². The molecule has 0 saturated heterocycles. The summed E-state index contributed by atoms with van der Waals surface area (Å²) in [6, 6.07) is 0. The maximum atomic E-state index is 12.8. The molecule has 0 fully saturated rings. The van der Waals surface area contributed by atoms with Crippen molar-refractivity contribution < 1.29 is 80.1 Å². The van der Waals surface area contributed by atoms with Crippen LogP contribution in [-0.2, 0) is 14.2 Å². The highest BCUT2D eigenvalue weighted by Crippen LogP contribution is 2.41. The molecule has 0 aliphatic heterocycles. The number of ether oxygens (including phenoxy) is 3. The molecule has 26 heavy (non-hydrogen) atoms. The molecule has 0 spiro atoms. The normalized spacial score (nSPS) is 17.5. The standard InChI is InChI=1S/C8H3F15O3/c9-2(25-8(21,22)23)7(19,20)26-3(6(16,17)18)24-1(4(10,11)12)5(13,14)15/h1-3H. The fourth-order valence-electron chi connectivity index (χ4n) is 1.02. The first-order valence-electron chi connectivity index (χ1n) is 5.37. The van der Waals surface area contributed by atoms with Crippen LogP contribution in [0.2, 0.25) is 0 Å². The molecule has 0 radical (unpaired) electrons. The van der Waals surface area contributed by atoms with E-state index in [-0.39, 0.29) is 0 Å². The molecular formula is C8H3F15O3. The van der Waals surface area contributed by atoms with E-state index >= 15 is 0 Å². The summed E-state index contributed by atoms with van der Waals surface area (Å²) in [6.45, 7) is 0. The first-order chi connectivity index (χ1) is 11.1. The second-order valence-corrected chi connectivity index (χ2v) is 4.03. The Hall–Kier alpha value is -1.17. The maximum Gasteiger partial charge on any atom is 0.525 e. The first kappa shape index (κ1) is 24.8. The summed E-state index contributed by atoms with van der Waals surface area (Å²) in [6.07, 6.45) is -47.9. The molecule has 0 aromatic carbocycles. The molecule has 0 amide bonds. The Morgan fingerprint density at radius 3 is 1.19 bits per heavy atom. The summed E-state index contributed by atoms with van der Waals surface area (Å²) in [5.41, 5.74) is 0. The molecule has 0 aliphatic rings. The molecule has 0 aromatic heterocycles. The van der Waals surface area contributed by atoms with Gasteiger partial charge in [-0.1, -0.05) is 0 Å². The van der Waals surface area contributed by atoms with Crippen molar-refractivity contribution in [2.24, 2.45) is 0 Å². The Labute approximate surface area is 131 Å². The van der Waals surface area contributed by atoms with E-state index in [2.05, 4.69) is 9.47 Å². The van der Waals surface area contributed by atoms with Gasteiger partial charge in [-0.2, -0.15) is 48.3 Å². The molecule has 3 nitrogen and oxygen atoms in total. The Kier molecular flexibility index (Phi) is 7.12. The van der Waals surface area contributed by atoms with Crippen molar-refractivity contribution in [2.45, 2.75) is 49.8 Å². The highest BCUT2D eigenvalue weighted by molar-refractivity contribution is 4.78. The van der Waals surface area contributed by atoms with Crippen LogP contribution in [0.15, 0.2) is 0 Å². The minimum Gasteiger partial charge on any atom is -0.323 e. The van der Waals surface area contributed by atoms with E-state index in [0.717, 1.165) is 0 Å². The van der Waals surface area contributed by atoms with Gasteiger partial charge in [-0.3, -0.25) is 4.74 Å². The monoisotopic (exact) mass is 432 g/mol. The lowest BCUT2D eigenvalue weighted by Gasteiger charge is -2.31. The van der Waals surface area contributed by atoms with Crippen molar-refractivity contribution in [3.63, 3.8) is 0 Å². The van der Waals surface area contributed by atoms with Crippen LogP contribution in [0.25, 0.3) is 0 Å². The third kappa shape index (κ3) is 8.02. The van der Waals surface area contributed by atoms with Crippen LogP contribution in [0.4, 0.5) is 65.9 Å². The average molecular weight is 432 g/mol. The number of rotatable bonds is 6. The molecule has 0 bridgehead atoms. The Bertz CT molecular complexity index is 432. The molecular weight excluding hydrogens is 429 g/mol. The molecule has 0 aliphatic carbocycles. The van der Waals surface area contributed by atoms with E-state index < -0.39 is 49.8 Å². The van der Waals surface area contributed by atoms with Crippen molar-refractivity contribution in [1.82, 2.24) is 0 Å². The quantitative estimate of drug-likeness (QED) is 0.445. The van der Waals surface area contributed by atoms with Gasteiger partial charge in [-0.05, 0) is 0 Å². The van der Waals surface area contributed by atoms with Crippen molar-refractivity contribution in [3.05, 3.63) is 0 Å². The Morgan fingerprint density at radius 1 is 0.538 bits per heavy atom. The van der Waals surface area contributed by atoms with Crippen LogP contribution < -0.4 is 0 Å². The average Bonchev–Trinajstić information content (AvgIpc) is 2.27. The molecule has 2 unspecified atom stereocenters. The summed E-state index contributed by atoms with van der Waals surface area (Å²) >= 11 is 0. The van der Waals surface area contributed by atoms with Gasteiger partial charge in [-0.15, -0.1) is 13.2 Å². The first-order valence-corrected chi connectivity index (χ1v) is 5.37. The van der Waals surface area contributed by atoms with Crippen LogP contribution in [0, 0.1) is 0 Å². The maximum absolute atomic E-state index is 12.8. The molecule has 0 N–H and O–H groups in total. The lowest BCUT2D eigenvalue weighted by atomic mass is 10.3. The summed E-state index contributed by atoms with van der Waals surface area (Å²) in [7, 11) is 0. The molecule has 18 heteroatoms.